The van der Waals surface area contributed by atoms with Gasteiger partial charge in [0.1, 0.15) is 11.5 Å². The summed E-state index contributed by atoms with van der Waals surface area (Å²) in [7, 11) is 0. The van der Waals surface area contributed by atoms with Crippen molar-refractivity contribution < 1.29 is 43.9 Å². The van der Waals surface area contributed by atoms with Crippen LogP contribution in [0, 0.1) is 20.8 Å². The van der Waals surface area contributed by atoms with Gasteiger partial charge in [0.15, 0.2) is 0 Å². The van der Waals surface area contributed by atoms with Gasteiger partial charge in [0.25, 0.3) is 0 Å². The molecule has 0 aliphatic heterocycles. The molecule has 22 heavy (non-hydrogen) atoms. The number of carboxylic acids is 1. The standard InChI is InChI=1S/C18H22O3.Na/c1-12(7-6-8-13(2)11-18(19)20)9-10-17-14(3)15(4)21-16(17)5;/h6-11H,1-5H3,(H,19,20);/q;+1/p-1/b8-6+,10-9+,12-7+,13-11+;. The van der Waals surface area contributed by atoms with Crippen molar-refractivity contribution >= 4 is 12.0 Å². The summed E-state index contributed by atoms with van der Waals surface area (Å²) in [4.78, 5) is 10.4. The number of aliphatic carboxylic acids is 1. The summed E-state index contributed by atoms with van der Waals surface area (Å²) in [6.45, 7) is 9.64. The molecule has 0 saturated carbocycles. The maximum Gasteiger partial charge on any atom is 1.00 e. The molecule has 0 N–H and O–H groups in total. The molecule has 112 valence electrons. The number of aryl methyl sites for hydroxylation is 2. The SMILES string of the molecule is CC(/C=C/c1c(C)oc(C)c1C)=C\C=C\C(C)=C\C(=O)[O-].[Na+]. The molecule has 0 amide bonds. The predicted molar refractivity (Wildman–Crippen MR) is 83.6 cm³/mol. The molecule has 0 aliphatic rings. The smallest absolute Gasteiger partial charge is 0.545 e. The van der Waals surface area contributed by atoms with E-state index >= 15 is 0 Å². The first-order valence-corrected chi connectivity index (χ1v) is 6.80. The van der Waals surface area contributed by atoms with E-state index in [-0.39, 0.29) is 29.6 Å². The van der Waals surface area contributed by atoms with E-state index in [2.05, 4.69) is 0 Å². The van der Waals surface area contributed by atoms with Crippen LogP contribution < -0.4 is 34.7 Å². The zero-order chi connectivity index (χ0) is 16.0. The molecule has 0 aliphatic carbocycles. The summed E-state index contributed by atoms with van der Waals surface area (Å²) in [6.07, 6.45) is 10.6. The third-order valence-corrected chi connectivity index (χ3v) is 3.19. The average molecular weight is 308 g/mol. The number of carboxylic acid groups (broad SMARTS) is 1. The molecule has 0 atom stereocenters. The second kappa shape index (κ2) is 9.67. The number of furan rings is 1. The van der Waals surface area contributed by atoms with Gasteiger partial charge in [0.2, 0.25) is 0 Å². The summed E-state index contributed by atoms with van der Waals surface area (Å²) in [6, 6.07) is 0. The molecule has 0 fully saturated rings. The molecule has 0 saturated heterocycles. The number of hydrogen-bond donors (Lipinski definition) is 0. The molecular formula is C18H21NaO3. The van der Waals surface area contributed by atoms with E-state index in [4.69, 9.17) is 4.42 Å². The monoisotopic (exact) mass is 308 g/mol. The first-order chi connectivity index (χ1) is 9.81. The van der Waals surface area contributed by atoms with Crippen LogP contribution in [0.4, 0.5) is 0 Å². The van der Waals surface area contributed by atoms with Crippen molar-refractivity contribution in [2.75, 3.05) is 0 Å². The van der Waals surface area contributed by atoms with Crippen molar-refractivity contribution in [1.82, 2.24) is 0 Å². The van der Waals surface area contributed by atoms with Gasteiger partial charge in [-0.15, -0.1) is 0 Å². The van der Waals surface area contributed by atoms with Crippen LogP contribution in [0.1, 0.15) is 36.5 Å². The van der Waals surface area contributed by atoms with Gasteiger partial charge in [-0.2, -0.15) is 0 Å². The molecule has 1 aromatic heterocycles. The van der Waals surface area contributed by atoms with Crippen molar-refractivity contribution in [1.29, 1.82) is 0 Å². The van der Waals surface area contributed by atoms with Crippen LogP contribution in [-0.2, 0) is 4.79 Å². The Labute approximate surface area is 154 Å². The first-order valence-electron chi connectivity index (χ1n) is 6.80. The number of allylic oxidation sites excluding steroid dienone is 6. The fourth-order valence-electron chi connectivity index (χ4n) is 1.91. The van der Waals surface area contributed by atoms with E-state index in [0.29, 0.717) is 5.57 Å². The van der Waals surface area contributed by atoms with Crippen molar-refractivity contribution in [2.24, 2.45) is 0 Å². The largest absolute Gasteiger partial charge is 1.00 e. The molecule has 1 aromatic rings. The maximum absolute atomic E-state index is 10.4. The summed E-state index contributed by atoms with van der Waals surface area (Å²) < 4.78 is 5.57. The van der Waals surface area contributed by atoms with Gasteiger partial charge >= 0.3 is 29.6 Å². The Morgan fingerprint density at radius 3 is 2.18 bits per heavy atom. The minimum atomic E-state index is -1.18. The van der Waals surface area contributed by atoms with E-state index in [9.17, 15) is 9.90 Å². The fourth-order valence-corrected chi connectivity index (χ4v) is 1.91. The minimum Gasteiger partial charge on any atom is -0.545 e. The van der Waals surface area contributed by atoms with E-state index in [1.807, 2.05) is 52.0 Å². The van der Waals surface area contributed by atoms with Crippen LogP contribution in [-0.4, -0.2) is 5.97 Å². The van der Waals surface area contributed by atoms with Crippen LogP contribution in [0.2, 0.25) is 0 Å². The summed E-state index contributed by atoms with van der Waals surface area (Å²) >= 11 is 0. The second-order valence-corrected chi connectivity index (χ2v) is 5.06. The zero-order valence-corrected chi connectivity index (χ0v) is 16.2. The summed E-state index contributed by atoms with van der Waals surface area (Å²) in [5.74, 6) is 0.674. The Kier molecular flexibility index (Phi) is 9.10. The van der Waals surface area contributed by atoms with E-state index in [1.54, 1.807) is 13.0 Å². The quantitative estimate of drug-likeness (QED) is 0.450. The molecule has 0 radical (unpaired) electrons. The Bertz CT molecular complexity index is 644. The van der Waals surface area contributed by atoms with Gasteiger partial charge < -0.3 is 14.3 Å². The van der Waals surface area contributed by atoms with Gasteiger partial charge in [-0.25, -0.2) is 0 Å². The van der Waals surface area contributed by atoms with Crippen molar-refractivity contribution in [3.8, 4) is 0 Å². The Morgan fingerprint density at radius 1 is 1.05 bits per heavy atom. The Hall–Kier alpha value is -1.29. The molecule has 4 heteroatoms. The molecule has 0 bridgehead atoms. The van der Waals surface area contributed by atoms with E-state index < -0.39 is 5.97 Å². The summed E-state index contributed by atoms with van der Waals surface area (Å²) in [5.41, 5.74) is 3.96. The molecule has 1 rings (SSSR count). The van der Waals surface area contributed by atoms with Crippen molar-refractivity contribution in [3.05, 3.63) is 64.2 Å². The van der Waals surface area contributed by atoms with Crippen LogP contribution in [0.3, 0.4) is 0 Å². The van der Waals surface area contributed by atoms with Crippen LogP contribution in [0.25, 0.3) is 6.08 Å². The first kappa shape index (κ1) is 20.7. The number of carbonyl (C=O) groups excluding carboxylic acids is 1. The molecule has 3 nitrogen and oxygen atoms in total. The second-order valence-electron chi connectivity index (χ2n) is 5.06. The third-order valence-electron chi connectivity index (χ3n) is 3.19. The van der Waals surface area contributed by atoms with Crippen LogP contribution in [0.15, 0.2) is 45.9 Å². The number of carbonyl (C=O) groups is 1. The van der Waals surface area contributed by atoms with Crippen LogP contribution >= 0.6 is 0 Å². The zero-order valence-electron chi connectivity index (χ0n) is 14.2. The Balaban J connectivity index is 0.00000441. The van der Waals surface area contributed by atoms with E-state index in [1.165, 1.54) is 0 Å². The van der Waals surface area contributed by atoms with Gasteiger partial charge in [0, 0.05) is 5.56 Å². The average Bonchev–Trinajstić information content (AvgIpc) is 2.60. The number of hydrogen-bond acceptors (Lipinski definition) is 3. The molecule has 0 aromatic carbocycles. The fraction of sp³-hybridized carbons (Fsp3) is 0.278. The van der Waals surface area contributed by atoms with Crippen molar-refractivity contribution in [2.45, 2.75) is 34.6 Å². The van der Waals surface area contributed by atoms with Crippen LogP contribution in [0.5, 0.6) is 0 Å². The Morgan fingerprint density at radius 2 is 1.68 bits per heavy atom. The molecule has 0 unspecified atom stereocenters. The topological polar surface area (TPSA) is 53.3 Å². The molecular weight excluding hydrogens is 287 g/mol. The van der Waals surface area contributed by atoms with E-state index in [0.717, 1.165) is 34.3 Å². The van der Waals surface area contributed by atoms with Gasteiger partial charge in [-0.05, 0) is 51.8 Å². The minimum absolute atomic E-state index is 0. The van der Waals surface area contributed by atoms with Gasteiger partial charge in [-0.3, -0.25) is 0 Å². The molecule has 0 spiro atoms. The predicted octanol–water partition coefficient (Wildman–Crippen LogP) is 0.421. The number of rotatable bonds is 5. The van der Waals surface area contributed by atoms with Crippen molar-refractivity contribution in [3.63, 3.8) is 0 Å². The molecule has 1 heterocycles. The third kappa shape index (κ3) is 6.65. The normalized spacial score (nSPS) is 13.0. The summed E-state index contributed by atoms with van der Waals surface area (Å²) in [5, 5.41) is 10.4. The van der Waals surface area contributed by atoms with Gasteiger partial charge in [-0.1, -0.05) is 36.0 Å². The van der Waals surface area contributed by atoms with Gasteiger partial charge in [0.05, 0.1) is 5.97 Å². The maximum atomic E-state index is 10.4.